The Morgan fingerprint density at radius 2 is 1.79 bits per heavy atom. The molecule has 0 bridgehead atoms. The maximum atomic E-state index is 5.47. The van der Waals surface area contributed by atoms with E-state index >= 15 is 0 Å². The fourth-order valence-electron chi connectivity index (χ4n) is 3.67. The zero-order valence-electron chi connectivity index (χ0n) is 17.2. The molecule has 29 heavy (non-hydrogen) atoms. The number of methoxy groups -OCH3 is 1. The minimum absolute atomic E-state index is 0.742. The van der Waals surface area contributed by atoms with E-state index in [4.69, 9.17) is 19.4 Å². The molecule has 0 amide bonds. The summed E-state index contributed by atoms with van der Waals surface area (Å²) in [6.07, 6.45) is 0. The molecule has 6 heteroatoms. The molecular weight excluding hydrogens is 364 g/mol. The van der Waals surface area contributed by atoms with E-state index in [-0.39, 0.29) is 0 Å². The number of benzene rings is 2. The van der Waals surface area contributed by atoms with Crippen molar-refractivity contribution in [3.63, 3.8) is 0 Å². The average molecular weight is 393 g/mol. The zero-order valence-corrected chi connectivity index (χ0v) is 17.2. The van der Waals surface area contributed by atoms with E-state index in [2.05, 4.69) is 34.9 Å². The summed E-state index contributed by atoms with van der Waals surface area (Å²) in [5, 5.41) is 1.09. The van der Waals surface area contributed by atoms with Crippen LogP contribution in [0.5, 0.6) is 5.75 Å². The quantitative estimate of drug-likeness (QED) is 0.614. The third-order valence-electron chi connectivity index (χ3n) is 5.40. The fourth-order valence-corrected chi connectivity index (χ4v) is 3.67. The highest BCUT2D eigenvalue weighted by Gasteiger charge is 2.17. The van der Waals surface area contributed by atoms with Crippen molar-refractivity contribution in [1.82, 2.24) is 14.9 Å². The van der Waals surface area contributed by atoms with E-state index in [1.165, 1.54) is 0 Å². The first-order valence-electron chi connectivity index (χ1n) is 10.2. The van der Waals surface area contributed by atoms with Crippen LogP contribution in [-0.2, 0) is 4.74 Å². The maximum Gasteiger partial charge on any atom is 0.162 e. The highest BCUT2D eigenvalue weighted by atomic mass is 16.5. The summed E-state index contributed by atoms with van der Waals surface area (Å²) in [6, 6.07) is 16.2. The zero-order chi connectivity index (χ0) is 20.1. The molecule has 0 N–H and O–H groups in total. The lowest BCUT2D eigenvalue weighted by molar-refractivity contribution is 0.0392. The van der Waals surface area contributed by atoms with Gasteiger partial charge in [0.15, 0.2) is 5.82 Å². The summed E-state index contributed by atoms with van der Waals surface area (Å²) in [4.78, 5) is 14.6. The molecular formula is C23H28N4O2. The summed E-state index contributed by atoms with van der Waals surface area (Å²) in [5.41, 5.74) is 1.95. The Morgan fingerprint density at radius 3 is 2.52 bits per heavy atom. The molecule has 4 rings (SSSR count). The van der Waals surface area contributed by atoms with Gasteiger partial charge in [-0.2, -0.15) is 0 Å². The molecule has 6 nitrogen and oxygen atoms in total. The van der Waals surface area contributed by atoms with Crippen LogP contribution in [0.2, 0.25) is 0 Å². The minimum atomic E-state index is 0.742. The summed E-state index contributed by atoms with van der Waals surface area (Å²) in [7, 11) is 1.67. The van der Waals surface area contributed by atoms with Gasteiger partial charge >= 0.3 is 0 Å². The number of anilines is 1. The second-order valence-corrected chi connectivity index (χ2v) is 7.15. The number of para-hydroxylation sites is 1. The first-order chi connectivity index (χ1) is 14.3. The van der Waals surface area contributed by atoms with Crippen LogP contribution in [0.15, 0.2) is 48.5 Å². The number of morpholine rings is 1. The van der Waals surface area contributed by atoms with E-state index in [0.717, 1.165) is 79.8 Å². The molecule has 2 aromatic carbocycles. The van der Waals surface area contributed by atoms with E-state index in [0.29, 0.717) is 0 Å². The maximum absolute atomic E-state index is 5.47. The van der Waals surface area contributed by atoms with E-state index < -0.39 is 0 Å². The lowest BCUT2D eigenvalue weighted by Crippen LogP contribution is -2.41. The Morgan fingerprint density at radius 1 is 1.03 bits per heavy atom. The van der Waals surface area contributed by atoms with Gasteiger partial charge in [0.2, 0.25) is 0 Å². The molecule has 0 aliphatic carbocycles. The van der Waals surface area contributed by atoms with E-state index in [1.807, 2.05) is 30.3 Å². The van der Waals surface area contributed by atoms with Crippen molar-refractivity contribution in [2.24, 2.45) is 0 Å². The Balaban J connectivity index is 1.66. The van der Waals surface area contributed by atoms with Gasteiger partial charge in [-0.05, 0) is 43.3 Å². The number of hydrogen-bond acceptors (Lipinski definition) is 6. The predicted octanol–water partition coefficient (Wildman–Crippen LogP) is 3.46. The lowest BCUT2D eigenvalue weighted by atomic mass is 10.1. The normalized spacial score (nSPS) is 14.8. The molecule has 2 heterocycles. The SMILES string of the molecule is CCN(CCN1CCOCC1)c1nc(-c2ccc(OC)cc2)nc2ccccc12. The van der Waals surface area contributed by atoms with Gasteiger partial charge in [0.1, 0.15) is 11.6 Å². The van der Waals surface area contributed by atoms with Crippen molar-refractivity contribution in [2.45, 2.75) is 6.92 Å². The van der Waals surface area contributed by atoms with E-state index in [1.54, 1.807) is 7.11 Å². The van der Waals surface area contributed by atoms with Crippen molar-refractivity contribution < 1.29 is 9.47 Å². The molecule has 1 fully saturated rings. The molecule has 1 aliphatic heterocycles. The van der Waals surface area contributed by atoms with Crippen LogP contribution in [-0.4, -0.2) is 67.9 Å². The Labute approximate surface area is 172 Å². The number of aromatic nitrogens is 2. The van der Waals surface area contributed by atoms with Crippen molar-refractivity contribution in [3.05, 3.63) is 48.5 Å². The number of nitrogens with zero attached hydrogens (tertiary/aromatic N) is 4. The van der Waals surface area contributed by atoms with Crippen LogP contribution in [0.1, 0.15) is 6.92 Å². The number of fused-ring (bicyclic) bond motifs is 1. The predicted molar refractivity (Wildman–Crippen MR) is 117 cm³/mol. The second kappa shape index (κ2) is 9.20. The second-order valence-electron chi connectivity index (χ2n) is 7.15. The molecule has 152 valence electrons. The van der Waals surface area contributed by atoms with Crippen LogP contribution in [0.3, 0.4) is 0 Å². The number of hydrogen-bond donors (Lipinski definition) is 0. The molecule has 0 unspecified atom stereocenters. The molecule has 1 aliphatic rings. The van der Waals surface area contributed by atoms with Crippen LogP contribution >= 0.6 is 0 Å². The largest absolute Gasteiger partial charge is 0.497 e. The first-order valence-corrected chi connectivity index (χ1v) is 10.2. The van der Waals surface area contributed by atoms with Gasteiger partial charge in [-0.3, -0.25) is 4.90 Å². The van der Waals surface area contributed by atoms with Crippen LogP contribution < -0.4 is 9.64 Å². The minimum Gasteiger partial charge on any atom is -0.497 e. The fraction of sp³-hybridized carbons (Fsp3) is 0.391. The third-order valence-corrected chi connectivity index (χ3v) is 5.40. The van der Waals surface area contributed by atoms with Gasteiger partial charge in [0.05, 0.1) is 25.8 Å². The average Bonchev–Trinajstić information content (AvgIpc) is 2.80. The monoisotopic (exact) mass is 392 g/mol. The molecule has 0 saturated carbocycles. The summed E-state index contributed by atoms with van der Waals surface area (Å²) >= 11 is 0. The lowest BCUT2D eigenvalue weighted by Gasteiger charge is -2.30. The number of rotatable bonds is 7. The van der Waals surface area contributed by atoms with Crippen LogP contribution in [0.25, 0.3) is 22.3 Å². The smallest absolute Gasteiger partial charge is 0.162 e. The van der Waals surface area contributed by atoms with E-state index in [9.17, 15) is 0 Å². The van der Waals surface area contributed by atoms with Gasteiger partial charge < -0.3 is 14.4 Å². The van der Waals surface area contributed by atoms with Crippen LogP contribution in [0.4, 0.5) is 5.82 Å². The van der Waals surface area contributed by atoms with Gasteiger partial charge in [0.25, 0.3) is 0 Å². The van der Waals surface area contributed by atoms with Crippen molar-refractivity contribution >= 4 is 16.7 Å². The number of ether oxygens (including phenoxy) is 2. The highest BCUT2D eigenvalue weighted by molar-refractivity contribution is 5.91. The molecule has 1 saturated heterocycles. The van der Waals surface area contributed by atoms with Gasteiger partial charge in [0, 0.05) is 43.7 Å². The van der Waals surface area contributed by atoms with Gasteiger partial charge in [-0.15, -0.1) is 0 Å². The van der Waals surface area contributed by atoms with Crippen LogP contribution in [0, 0.1) is 0 Å². The third kappa shape index (κ3) is 4.49. The summed E-state index contributed by atoms with van der Waals surface area (Å²) in [5.74, 6) is 2.57. The van der Waals surface area contributed by atoms with Crippen molar-refractivity contribution in [1.29, 1.82) is 0 Å². The van der Waals surface area contributed by atoms with Crippen molar-refractivity contribution in [3.8, 4) is 17.1 Å². The molecule has 0 radical (unpaired) electrons. The highest BCUT2D eigenvalue weighted by Crippen LogP contribution is 2.28. The molecule has 0 atom stereocenters. The van der Waals surface area contributed by atoms with Gasteiger partial charge in [-0.1, -0.05) is 12.1 Å². The van der Waals surface area contributed by atoms with Crippen molar-refractivity contribution in [2.75, 3.05) is 57.9 Å². The summed E-state index contributed by atoms with van der Waals surface area (Å²) < 4.78 is 10.8. The standard InChI is InChI=1S/C23H28N4O2/c1-3-27(13-12-26-14-16-29-17-15-26)23-20-6-4-5-7-21(20)24-22(25-23)18-8-10-19(28-2)11-9-18/h4-11H,3,12-17H2,1-2H3. The Kier molecular flexibility index (Phi) is 6.22. The molecule has 1 aromatic heterocycles. The first kappa shape index (κ1) is 19.6. The Hall–Kier alpha value is -2.70. The summed E-state index contributed by atoms with van der Waals surface area (Å²) in [6.45, 7) is 8.66. The Bertz CT molecular complexity index is 939. The molecule has 3 aromatic rings. The van der Waals surface area contributed by atoms with Gasteiger partial charge in [-0.25, -0.2) is 9.97 Å². The number of likely N-dealkylation sites (N-methyl/N-ethyl adjacent to an activating group) is 1. The molecule has 0 spiro atoms. The topological polar surface area (TPSA) is 50.7 Å².